The van der Waals surface area contributed by atoms with Gasteiger partial charge in [-0.05, 0) is 38.8 Å². The van der Waals surface area contributed by atoms with Crippen molar-refractivity contribution < 1.29 is 9.47 Å². The molecule has 0 bridgehead atoms. The van der Waals surface area contributed by atoms with Crippen molar-refractivity contribution in [2.75, 3.05) is 25.6 Å². The van der Waals surface area contributed by atoms with Crippen LogP contribution in [0.15, 0.2) is 30.5 Å². The van der Waals surface area contributed by atoms with Crippen LogP contribution >= 0.6 is 0 Å². The lowest BCUT2D eigenvalue weighted by Crippen LogP contribution is -2.08. The van der Waals surface area contributed by atoms with E-state index in [9.17, 15) is 0 Å². The molecule has 1 N–H and O–H groups in total. The first kappa shape index (κ1) is 15.6. The summed E-state index contributed by atoms with van der Waals surface area (Å²) in [6, 6.07) is 8.00. The number of nitrogens with zero attached hydrogens (tertiary/aromatic N) is 1. The SMILES string of the molecule is COc1cccc2c(NCCCCOC(C)C)nccc12. The fourth-order valence-corrected chi connectivity index (χ4v) is 2.25. The molecule has 0 spiro atoms. The number of hydrogen-bond acceptors (Lipinski definition) is 4. The predicted octanol–water partition coefficient (Wildman–Crippen LogP) is 3.86. The van der Waals surface area contributed by atoms with Crippen LogP contribution in [0.4, 0.5) is 5.82 Å². The zero-order chi connectivity index (χ0) is 15.1. The first-order chi connectivity index (χ1) is 10.2. The lowest BCUT2D eigenvalue weighted by molar-refractivity contribution is 0.0765. The monoisotopic (exact) mass is 288 g/mol. The molecule has 0 amide bonds. The molecule has 114 valence electrons. The molecule has 1 aromatic heterocycles. The van der Waals surface area contributed by atoms with Gasteiger partial charge in [-0.25, -0.2) is 4.98 Å². The van der Waals surface area contributed by atoms with Crippen molar-refractivity contribution in [3.05, 3.63) is 30.5 Å². The summed E-state index contributed by atoms with van der Waals surface area (Å²) >= 11 is 0. The number of pyridine rings is 1. The van der Waals surface area contributed by atoms with Crippen LogP contribution in [0.25, 0.3) is 10.8 Å². The van der Waals surface area contributed by atoms with Gasteiger partial charge in [-0.2, -0.15) is 0 Å². The molecular formula is C17H24N2O2. The molecular weight excluding hydrogens is 264 g/mol. The number of rotatable bonds is 8. The third-order valence-corrected chi connectivity index (χ3v) is 3.30. The van der Waals surface area contributed by atoms with Crippen molar-refractivity contribution in [1.29, 1.82) is 0 Å². The average Bonchev–Trinajstić information content (AvgIpc) is 2.50. The summed E-state index contributed by atoms with van der Waals surface area (Å²) in [5, 5.41) is 5.58. The van der Waals surface area contributed by atoms with E-state index in [-0.39, 0.29) is 0 Å². The lowest BCUT2D eigenvalue weighted by atomic mass is 10.1. The van der Waals surface area contributed by atoms with E-state index in [1.807, 2.05) is 24.4 Å². The fraction of sp³-hybridized carbons (Fsp3) is 0.471. The molecule has 0 saturated carbocycles. The van der Waals surface area contributed by atoms with Crippen LogP contribution in [0.1, 0.15) is 26.7 Å². The standard InChI is InChI=1S/C17H24N2O2/c1-13(2)21-12-5-4-10-18-17-15-7-6-8-16(20-3)14(15)9-11-19-17/h6-9,11,13H,4-5,10,12H2,1-3H3,(H,18,19). The van der Waals surface area contributed by atoms with E-state index < -0.39 is 0 Å². The Hall–Kier alpha value is -1.81. The number of nitrogens with one attached hydrogen (secondary N) is 1. The Bertz CT molecular complexity index is 570. The molecule has 1 heterocycles. The molecule has 0 aliphatic carbocycles. The van der Waals surface area contributed by atoms with Crippen molar-refractivity contribution in [3.63, 3.8) is 0 Å². The Morgan fingerprint density at radius 1 is 1.14 bits per heavy atom. The molecule has 2 aromatic rings. The third-order valence-electron chi connectivity index (χ3n) is 3.30. The van der Waals surface area contributed by atoms with Crippen molar-refractivity contribution in [2.24, 2.45) is 0 Å². The number of benzene rings is 1. The number of hydrogen-bond donors (Lipinski definition) is 1. The summed E-state index contributed by atoms with van der Waals surface area (Å²) in [6.45, 7) is 5.83. The number of aromatic nitrogens is 1. The molecule has 0 unspecified atom stereocenters. The van der Waals surface area contributed by atoms with Gasteiger partial charge in [-0.15, -0.1) is 0 Å². The normalized spacial score (nSPS) is 11.0. The quantitative estimate of drug-likeness (QED) is 0.749. The smallest absolute Gasteiger partial charge is 0.133 e. The van der Waals surface area contributed by atoms with Crippen LogP contribution in [0.3, 0.4) is 0 Å². The molecule has 2 rings (SSSR count). The maximum absolute atomic E-state index is 5.53. The third kappa shape index (κ3) is 4.33. The second-order valence-corrected chi connectivity index (χ2v) is 5.27. The van der Waals surface area contributed by atoms with Gasteiger partial charge in [-0.1, -0.05) is 12.1 Å². The molecule has 1 aromatic carbocycles. The molecule has 21 heavy (non-hydrogen) atoms. The molecule has 0 aliphatic rings. The number of unbranched alkanes of at least 4 members (excludes halogenated alkanes) is 1. The van der Waals surface area contributed by atoms with E-state index in [2.05, 4.69) is 30.2 Å². The summed E-state index contributed by atoms with van der Waals surface area (Å²) in [7, 11) is 1.69. The summed E-state index contributed by atoms with van der Waals surface area (Å²) in [5.41, 5.74) is 0. The molecule has 4 heteroatoms. The van der Waals surface area contributed by atoms with E-state index >= 15 is 0 Å². The summed E-state index contributed by atoms with van der Waals surface area (Å²) in [5.74, 6) is 1.79. The van der Waals surface area contributed by atoms with E-state index in [1.54, 1.807) is 7.11 Å². The highest BCUT2D eigenvalue weighted by Crippen LogP contribution is 2.28. The second-order valence-electron chi connectivity index (χ2n) is 5.27. The van der Waals surface area contributed by atoms with Gasteiger partial charge in [0, 0.05) is 30.1 Å². The first-order valence-electron chi connectivity index (χ1n) is 7.49. The van der Waals surface area contributed by atoms with Crippen molar-refractivity contribution >= 4 is 16.6 Å². The Labute approximate surface area is 126 Å². The largest absolute Gasteiger partial charge is 0.496 e. The fourth-order valence-electron chi connectivity index (χ4n) is 2.25. The van der Waals surface area contributed by atoms with Crippen LogP contribution in [0.5, 0.6) is 5.75 Å². The Morgan fingerprint density at radius 3 is 2.76 bits per heavy atom. The highest BCUT2D eigenvalue weighted by Gasteiger charge is 2.05. The van der Waals surface area contributed by atoms with Gasteiger partial charge in [0.05, 0.1) is 13.2 Å². The number of anilines is 1. The van der Waals surface area contributed by atoms with E-state index in [4.69, 9.17) is 9.47 Å². The van der Waals surface area contributed by atoms with Gasteiger partial charge in [0.2, 0.25) is 0 Å². The Morgan fingerprint density at radius 2 is 2.00 bits per heavy atom. The molecule has 0 radical (unpaired) electrons. The summed E-state index contributed by atoms with van der Waals surface area (Å²) in [6.07, 6.45) is 4.24. The molecule has 4 nitrogen and oxygen atoms in total. The molecule has 0 atom stereocenters. The minimum atomic E-state index is 0.310. The Balaban J connectivity index is 1.93. The summed E-state index contributed by atoms with van der Waals surface area (Å²) in [4.78, 5) is 4.43. The van der Waals surface area contributed by atoms with Gasteiger partial charge in [0.25, 0.3) is 0 Å². The predicted molar refractivity (Wildman–Crippen MR) is 87.1 cm³/mol. The first-order valence-corrected chi connectivity index (χ1v) is 7.49. The zero-order valence-electron chi connectivity index (χ0n) is 13.1. The second kappa shape index (κ2) is 7.84. The zero-order valence-corrected chi connectivity index (χ0v) is 13.1. The van der Waals surface area contributed by atoms with Crippen LogP contribution in [-0.2, 0) is 4.74 Å². The van der Waals surface area contributed by atoms with Gasteiger partial charge < -0.3 is 14.8 Å². The maximum atomic E-state index is 5.53. The minimum Gasteiger partial charge on any atom is -0.496 e. The van der Waals surface area contributed by atoms with Gasteiger partial charge in [0.15, 0.2) is 0 Å². The van der Waals surface area contributed by atoms with Crippen molar-refractivity contribution in [2.45, 2.75) is 32.8 Å². The van der Waals surface area contributed by atoms with Crippen LogP contribution in [-0.4, -0.2) is 31.3 Å². The Kier molecular flexibility index (Phi) is 5.81. The maximum Gasteiger partial charge on any atom is 0.133 e. The van der Waals surface area contributed by atoms with Gasteiger partial charge >= 0.3 is 0 Å². The number of fused-ring (bicyclic) bond motifs is 1. The van der Waals surface area contributed by atoms with E-state index in [0.29, 0.717) is 6.10 Å². The molecule has 0 aliphatic heterocycles. The minimum absolute atomic E-state index is 0.310. The lowest BCUT2D eigenvalue weighted by Gasteiger charge is -2.11. The summed E-state index contributed by atoms with van der Waals surface area (Å²) < 4.78 is 10.9. The van der Waals surface area contributed by atoms with E-state index in [1.165, 1.54) is 0 Å². The molecule has 0 fully saturated rings. The van der Waals surface area contributed by atoms with Crippen molar-refractivity contribution in [3.8, 4) is 5.75 Å². The van der Waals surface area contributed by atoms with E-state index in [0.717, 1.165) is 48.3 Å². The van der Waals surface area contributed by atoms with Crippen LogP contribution in [0.2, 0.25) is 0 Å². The number of ether oxygens (including phenoxy) is 2. The highest BCUT2D eigenvalue weighted by atomic mass is 16.5. The van der Waals surface area contributed by atoms with Crippen LogP contribution in [0, 0.1) is 0 Å². The van der Waals surface area contributed by atoms with Crippen LogP contribution < -0.4 is 10.1 Å². The van der Waals surface area contributed by atoms with Crippen molar-refractivity contribution in [1.82, 2.24) is 4.98 Å². The topological polar surface area (TPSA) is 43.4 Å². The van der Waals surface area contributed by atoms with Gasteiger partial charge in [0.1, 0.15) is 11.6 Å². The number of methoxy groups -OCH3 is 1. The molecule has 0 saturated heterocycles. The average molecular weight is 288 g/mol. The van der Waals surface area contributed by atoms with Gasteiger partial charge in [-0.3, -0.25) is 0 Å². The highest BCUT2D eigenvalue weighted by molar-refractivity contribution is 5.95.